The van der Waals surface area contributed by atoms with Gasteiger partial charge >= 0.3 is 11.9 Å². The molecule has 2 saturated heterocycles. The number of rotatable bonds is 3. The number of ketones is 1. The number of carbonyl (C=O) groups is 3. The highest BCUT2D eigenvalue weighted by atomic mass is 16.7. The van der Waals surface area contributed by atoms with Crippen molar-refractivity contribution in [2.24, 2.45) is 11.8 Å². The Balaban J connectivity index is 2.00. The predicted molar refractivity (Wildman–Crippen MR) is 86.4 cm³/mol. The van der Waals surface area contributed by atoms with E-state index in [0.29, 0.717) is 0 Å². The van der Waals surface area contributed by atoms with Crippen molar-refractivity contribution in [1.29, 1.82) is 0 Å². The highest BCUT2D eigenvalue weighted by Crippen LogP contribution is 2.43. The van der Waals surface area contributed by atoms with Gasteiger partial charge in [0.1, 0.15) is 12.6 Å². The second-order valence-electron chi connectivity index (χ2n) is 6.42. The molecule has 2 fully saturated rings. The first-order chi connectivity index (χ1) is 11.9. The van der Waals surface area contributed by atoms with Crippen LogP contribution in [-0.2, 0) is 28.6 Å². The molecule has 7 heteroatoms. The van der Waals surface area contributed by atoms with Crippen LogP contribution in [0.2, 0.25) is 0 Å². The van der Waals surface area contributed by atoms with E-state index < -0.39 is 36.1 Å². The molecule has 2 aliphatic heterocycles. The second kappa shape index (κ2) is 6.93. The average molecular weight is 347 g/mol. The van der Waals surface area contributed by atoms with Gasteiger partial charge in [-0.05, 0) is 12.5 Å². The smallest absolute Gasteiger partial charge is 0.323 e. The molecule has 2 heterocycles. The van der Waals surface area contributed by atoms with Crippen molar-refractivity contribution in [2.75, 3.05) is 13.7 Å². The lowest BCUT2D eigenvalue weighted by Crippen LogP contribution is -2.49. The Bertz CT molecular complexity index is 703. The molecule has 134 valence electrons. The zero-order valence-electron chi connectivity index (χ0n) is 14.4. The first-order valence-electron chi connectivity index (χ1n) is 8.14. The summed E-state index contributed by atoms with van der Waals surface area (Å²) in [6.45, 7) is 3.07. The topological polar surface area (TPSA) is 90.9 Å². The Morgan fingerprint density at radius 1 is 1.32 bits per heavy atom. The van der Waals surface area contributed by atoms with E-state index in [1.165, 1.54) is 14.0 Å². The van der Waals surface area contributed by atoms with Crippen LogP contribution in [-0.4, -0.2) is 43.8 Å². The van der Waals surface area contributed by atoms with E-state index >= 15 is 0 Å². The third kappa shape index (κ3) is 3.29. The van der Waals surface area contributed by atoms with Gasteiger partial charge in [-0.2, -0.15) is 0 Å². The van der Waals surface area contributed by atoms with Gasteiger partial charge in [0.2, 0.25) is 6.29 Å². The number of esters is 2. The van der Waals surface area contributed by atoms with Gasteiger partial charge in [-0.1, -0.05) is 29.8 Å². The summed E-state index contributed by atoms with van der Waals surface area (Å²) in [7, 11) is 1.28. The summed E-state index contributed by atoms with van der Waals surface area (Å²) in [5, 5.41) is 3.19. The third-order valence-electron chi connectivity index (χ3n) is 4.73. The monoisotopic (exact) mass is 347 g/mol. The molecule has 0 radical (unpaired) electrons. The number of ether oxygens (including phenoxy) is 3. The van der Waals surface area contributed by atoms with Crippen molar-refractivity contribution < 1.29 is 28.6 Å². The highest BCUT2D eigenvalue weighted by Gasteiger charge is 2.57. The summed E-state index contributed by atoms with van der Waals surface area (Å²) in [5.41, 5.74) is 1.95. The van der Waals surface area contributed by atoms with Crippen molar-refractivity contribution in [3.05, 3.63) is 35.4 Å². The highest BCUT2D eigenvalue weighted by molar-refractivity contribution is 5.87. The van der Waals surface area contributed by atoms with E-state index in [9.17, 15) is 14.4 Å². The maximum absolute atomic E-state index is 12.6. The number of hydrogen-bond acceptors (Lipinski definition) is 7. The fraction of sp³-hybridized carbons (Fsp3) is 0.500. The van der Waals surface area contributed by atoms with Crippen LogP contribution < -0.4 is 5.32 Å². The lowest BCUT2D eigenvalue weighted by molar-refractivity contribution is -0.209. The molecule has 0 aromatic heterocycles. The van der Waals surface area contributed by atoms with Gasteiger partial charge in [-0.15, -0.1) is 0 Å². The summed E-state index contributed by atoms with van der Waals surface area (Å²) in [6, 6.07) is 6.57. The van der Waals surface area contributed by atoms with Gasteiger partial charge in [-0.25, -0.2) is 0 Å². The van der Waals surface area contributed by atoms with Gasteiger partial charge in [0.05, 0.1) is 18.9 Å². The lowest BCUT2D eigenvalue weighted by Gasteiger charge is -2.34. The number of Topliss-reactive ketones (excluding diaryl/α,β-unsaturated/α-hetero) is 1. The predicted octanol–water partition coefficient (Wildman–Crippen LogP) is 0.902. The number of benzene rings is 1. The maximum atomic E-state index is 12.6. The Morgan fingerprint density at radius 2 is 2.08 bits per heavy atom. The van der Waals surface area contributed by atoms with Crippen LogP contribution in [0, 0.1) is 18.8 Å². The molecule has 7 nitrogen and oxygen atoms in total. The first kappa shape index (κ1) is 17.6. The summed E-state index contributed by atoms with van der Waals surface area (Å²) in [4.78, 5) is 36.2. The van der Waals surface area contributed by atoms with E-state index in [-0.39, 0.29) is 18.4 Å². The number of fused-ring (bicyclic) bond motifs is 1. The number of aryl methyl sites for hydroxylation is 1. The molecule has 0 amide bonds. The number of carbonyl (C=O) groups excluding carboxylic acids is 3. The normalized spacial score (nSPS) is 31.3. The lowest BCUT2D eigenvalue weighted by atomic mass is 9.79. The Kier molecular flexibility index (Phi) is 4.87. The molecule has 0 aliphatic carbocycles. The molecular formula is C18H21NO6. The standard InChI is InChI=1S/C18H21NO6/c1-9-5-4-6-11(7-9)15-13-12(21)8-24-18(25-10(2)20)14(13)16(19-15)17(22)23-3/h4-7,13-16,18-19H,8H2,1-3H3/t13-,14+,15-,16-,18+/m0/s1. The van der Waals surface area contributed by atoms with Gasteiger partial charge in [0.15, 0.2) is 5.78 Å². The van der Waals surface area contributed by atoms with Crippen LogP contribution in [0.3, 0.4) is 0 Å². The van der Waals surface area contributed by atoms with Gasteiger partial charge in [0.25, 0.3) is 0 Å². The van der Waals surface area contributed by atoms with Crippen molar-refractivity contribution >= 4 is 17.7 Å². The van der Waals surface area contributed by atoms with Crippen molar-refractivity contribution in [1.82, 2.24) is 5.32 Å². The number of methoxy groups -OCH3 is 1. The van der Waals surface area contributed by atoms with Crippen LogP contribution in [0.15, 0.2) is 24.3 Å². The van der Waals surface area contributed by atoms with Crippen molar-refractivity contribution in [3.8, 4) is 0 Å². The fourth-order valence-electron chi connectivity index (χ4n) is 3.73. The molecule has 25 heavy (non-hydrogen) atoms. The molecule has 0 bridgehead atoms. The molecule has 0 unspecified atom stereocenters. The molecule has 0 saturated carbocycles. The Hall–Kier alpha value is -2.25. The molecule has 5 atom stereocenters. The molecule has 1 aromatic carbocycles. The summed E-state index contributed by atoms with van der Waals surface area (Å²) < 4.78 is 15.5. The Labute approximate surface area is 145 Å². The van der Waals surface area contributed by atoms with Crippen LogP contribution in [0.25, 0.3) is 0 Å². The second-order valence-corrected chi connectivity index (χ2v) is 6.42. The Morgan fingerprint density at radius 3 is 2.72 bits per heavy atom. The van der Waals surface area contributed by atoms with Crippen molar-refractivity contribution in [3.63, 3.8) is 0 Å². The van der Waals surface area contributed by atoms with E-state index in [2.05, 4.69) is 5.32 Å². The molecule has 1 aromatic rings. The molecule has 3 rings (SSSR count). The van der Waals surface area contributed by atoms with E-state index in [0.717, 1.165) is 11.1 Å². The van der Waals surface area contributed by atoms with E-state index in [1.807, 2.05) is 31.2 Å². The largest absolute Gasteiger partial charge is 0.468 e. The third-order valence-corrected chi connectivity index (χ3v) is 4.73. The average Bonchev–Trinajstić information content (AvgIpc) is 2.98. The maximum Gasteiger partial charge on any atom is 0.323 e. The zero-order chi connectivity index (χ0) is 18.1. The quantitative estimate of drug-likeness (QED) is 0.813. The van der Waals surface area contributed by atoms with Crippen LogP contribution in [0.1, 0.15) is 24.1 Å². The van der Waals surface area contributed by atoms with E-state index in [4.69, 9.17) is 14.2 Å². The molecule has 0 spiro atoms. The van der Waals surface area contributed by atoms with Gasteiger partial charge in [-0.3, -0.25) is 19.7 Å². The van der Waals surface area contributed by atoms with Crippen LogP contribution in [0.5, 0.6) is 0 Å². The molecule has 1 N–H and O–H groups in total. The molecule has 2 aliphatic rings. The van der Waals surface area contributed by atoms with Crippen LogP contribution in [0.4, 0.5) is 0 Å². The van der Waals surface area contributed by atoms with Crippen molar-refractivity contribution in [2.45, 2.75) is 32.2 Å². The SMILES string of the molecule is COC(=O)[C@H]1N[C@@H](c2cccc(C)c2)[C@H]2C(=O)CO[C@H](OC(C)=O)[C@H]21. The minimum absolute atomic E-state index is 0.126. The summed E-state index contributed by atoms with van der Waals surface area (Å²) in [6.07, 6.45) is -0.966. The first-order valence-corrected chi connectivity index (χ1v) is 8.14. The van der Waals surface area contributed by atoms with Gasteiger partial charge in [0, 0.05) is 13.0 Å². The summed E-state index contributed by atoms with van der Waals surface area (Å²) >= 11 is 0. The minimum atomic E-state index is -0.966. The van der Waals surface area contributed by atoms with Crippen LogP contribution >= 0.6 is 0 Å². The van der Waals surface area contributed by atoms with E-state index in [1.54, 1.807) is 0 Å². The fourth-order valence-corrected chi connectivity index (χ4v) is 3.73. The minimum Gasteiger partial charge on any atom is -0.468 e. The zero-order valence-corrected chi connectivity index (χ0v) is 14.4. The molecular weight excluding hydrogens is 326 g/mol. The number of hydrogen-bond donors (Lipinski definition) is 1. The summed E-state index contributed by atoms with van der Waals surface area (Å²) in [5.74, 6) is -2.34. The van der Waals surface area contributed by atoms with Gasteiger partial charge < -0.3 is 14.2 Å². The number of nitrogens with one attached hydrogen (secondary N) is 1.